The van der Waals surface area contributed by atoms with E-state index in [1.54, 1.807) is 12.1 Å². The number of Topliss-reactive ketones (excluding diaryl/α,β-unsaturated/α-hetero) is 2. The molecule has 0 unspecified atom stereocenters. The van der Waals surface area contributed by atoms with E-state index in [1.165, 1.54) is 12.1 Å². The van der Waals surface area contributed by atoms with Crippen LogP contribution in [0.5, 0.6) is 0 Å². The lowest BCUT2D eigenvalue weighted by molar-refractivity contribution is -0.149. The normalized spacial score (nSPS) is 24.5. The maximum atomic E-state index is 12.9. The third-order valence-electron chi connectivity index (χ3n) is 3.77. The van der Waals surface area contributed by atoms with Gasteiger partial charge < -0.3 is 10.5 Å². The molecule has 114 valence electrons. The first-order chi connectivity index (χ1) is 10.4. The van der Waals surface area contributed by atoms with Gasteiger partial charge in [-0.2, -0.15) is 0 Å². The van der Waals surface area contributed by atoms with Crippen LogP contribution < -0.4 is 11.2 Å². The van der Waals surface area contributed by atoms with E-state index in [0.717, 1.165) is 7.11 Å². The van der Waals surface area contributed by atoms with Crippen molar-refractivity contribution in [1.29, 1.82) is 0 Å². The van der Waals surface area contributed by atoms with Crippen LogP contribution in [0.15, 0.2) is 35.0 Å². The fraction of sp³-hybridized carbons (Fsp3) is 0.214. The molecule has 0 aromatic heterocycles. The molecule has 0 spiro atoms. The number of rotatable bonds is 2. The number of benzene rings is 1. The SMILES string of the molecule is COC(=O)[C@@H](N)[C@@]12ONC(Cl)=C1C(=O)c1ccccc1C2=O. The number of nitrogens with one attached hydrogen (secondary N) is 1. The first kappa shape index (κ1) is 14.7. The van der Waals surface area contributed by atoms with E-state index in [9.17, 15) is 14.4 Å². The molecule has 1 heterocycles. The fourth-order valence-electron chi connectivity index (χ4n) is 2.69. The van der Waals surface area contributed by atoms with E-state index < -0.39 is 29.2 Å². The van der Waals surface area contributed by atoms with Crippen LogP contribution in [0.4, 0.5) is 0 Å². The van der Waals surface area contributed by atoms with Crippen molar-refractivity contribution in [2.75, 3.05) is 7.11 Å². The number of nitrogens with two attached hydrogens (primary N) is 1. The molecule has 22 heavy (non-hydrogen) atoms. The molecular formula is C14H11ClN2O5. The number of hydrogen-bond donors (Lipinski definition) is 2. The number of ether oxygens (including phenoxy) is 1. The topological polar surface area (TPSA) is 108 Å². The van der Waals surface area contributed by atoms with Gasteiger partial charge >= 0.3 is 5.97 Å². The van der Waals surface area contributed by atoms with E-state index in [0.29, 0.717) is 0 Å². The highest BCUT2D eigenvalue weighted by Gasteiger charge is 2.62. The molecule has 0 radical (unpaired) electrons. The maximum absolute atomic E-state index is 12.9. The highest BCUT2D eigenvalue weighted by molar-refractivity contribution is 6.37. The van der Waals surface area contributed by atoms with Crippen LogP contribution in [-0.2, 0) is 14.4 Å². The molecule has 3 rings (SSSR count). The number of carbonyl (C=O) groups excluding carboxylic acids is 3. The van der Waals surface area contributed by atoms with Crippen molar-refractivity contribution in [1.82, 2.24) is 5.48 Å². The molecule has 0 saturated heterocycles. The summed E-state index contributed by atoms with van der Waals surface area (Å²) in [4.78, 5) is 42.6. The molecule has 1 aromatic rings. The second-order valence-corrected chi connectivity index (χ2v) is 5.21. The molecule has 2 atom stereocenters. The zero-order valence-electron chi connectivity index (χ0n) is 11.4. The number of ketones is 2. The predicted molar refractivity (Wildman–Crippen MR) is 74.9 cm³/mol. The molecule has 0 saturated carbocycles. The van der Waals surface area contributed by atoms with Crippen LogP contribution in [-0.4, -0.2) is 36.3 Å². The van der Waals surface area contributed by atoms with E-state index in [2.05, 4.69) is 10.2 Å². The Hall–Kier alpha value is -2.22. The minimum atomic E-state index is -2.03. The quantitative estimate of drug-likeness (QED) is 0.595. The number of fused-ring (bicyclic) bond motifs is 2. The van der Waals surface area contributed by atoms with Crippen LogP contribution in [0.2, 0.25) is 0 Å². The summed E-state index contributed by atoms with van der Waals surface area (Å²) in [7, 11) is 1.12. The summed E-state index contributed by atoms with van der Waals surface area (Å²) in [6.07, 6.45) is 0. The van der Waals surface area contributed by atoms with Gasteiger partial charge in [-0.3, -0.25) is 24.7 Å². The smallest absolute Gasteiger partial charge is 0.326 e. The molecule has 8 heteroatoms. The zero-order chi connectivity index (χ0) is 16.1. The third kappa shape index (κ3) is 1.67. The second-order valence-electron chi connectivity index (χ2n) is 4.83. The Balaban J connectivity index is 2.28. The van der Waals surface area contributed by atoms with Crippen molar-refractivity contribution in [3.8, 4) is 0 Å². The number of hydroxylamine groups is 1. The maximum Gasteiger partial charge on any atom is 0.326 e. The van der Waals surface area contributed by atoms with Crippen LogP contribution in [0, 0.1) is 0 Å². The molecule has 1 aliphatic heterocycles. The summed E-state index contributed by atoms with van der Waals surface area (Å²) in [6, 6.07) is 4.64. The summed E-state index contributed by atoms with van der Waals surface area (Å²) in [5.41, 5.74) is 6.20. The van der Waals surface area contributed by atoms with Gasteiger partial charge in [0.05, 0.1) is 12.7 Å². The Morgan fingerprint density at radius 3 is 2.64 bits per heavy atom. The predicted octanol–water partition coefficient (Wildman–Crippen LogP) is 0.290. The Kier molecular flexibility index (Phi) is 3.28. The Bertz CT molecular complexity index is 745. The number of hydrogen-bond acceptors (Lipinski definition) is 7. The van der Waals surface area contributed by atoms with Crippen molar-refractivity contribution in [2.45, 2.75) is 11.6 Å². The van der Waals surface area contributed by atoms with Gasteiger partial charge in [-0.15, -0.1) is 0 Å². The Labute approximate surface area is 130 Å². The Morgan fingerprint density at radius 2 is 2.00 bits per heavy atom. The van der Waals surface area contributed by atoms with Gasteiger partial charge in [-0.1, -0.05) is 35.9 Å². The second kappa shape index (κ2) is 4.91. The molecule has 7 nitrogen and oxygen atoms in total. The van der Waals surface area contributed by atoms with Gasteiger partial charge in [0.2, 0.25) is 11.4 Å². The first-order valence-electron chi connectivity index (χ1n) is 6.31. The largest absolute Gasteiger partial charge is 0.468 e. The fourth-order valence-corrected chi connectivity index (χ4v) is 2.95. The van der Waals surface area contributed by atoms with E-state index in [4.69, 9.17) is 22.2 Å². The van der Waals surface area contributed by atoms with Gasteiger partial charge in [0, 0.05) is 11.1 Å². The molecule has 0 fully saturated rings. The van der Waals surface area contributed by atoms with E-state index >= 15 is 0 Å². The summed E-state index contributed by atoms with van der Waals surface area (Å²) in [5.74, 6) is -2.05. The highest BCUT2D eigenvalue weighted by Crippen LogP contribution is 2.42. The number of carbonyl (C=O) groups is 3. The lowest BCUT2D eigenvalue weighted by Gasteiger charge is -2.35. The molecule has 2 aliphatic rings. The molecular weight excluding hydrogens is 312 g/mol. The molecule has 0 amide bonds. The average molecular weight is 323 g/mol. The third-order valence-corrected chi connectivity index (χ3v) is 4.03. The molecule has 1 aromatic carbocycles. The van der Waals surface area contributed by atoms with Crippen LogP contribution in [0.1, 0.15) is 20.7 Å². The Morgan fingerprint density at radius 1 is 1.36 bits per heavy atom. The van der Waals surface area contributed by atoms with Crippen molar-refractivity contribution < 1.29 is 24.0 Å². The van der Waals surface area contributed by atoms with Crippen molar-refractivity contribution in [3.63, 3.8) is 0 Å². The van der Waals surface area contributed by atoms with E-state index in [1.807, 2.05) is 0 Å². The van der Waals surface area contributed by atoms with Crippen LogP contribution in [0.3, 0.4) is 0 Å². The molecule has 1 aliphatic carbocycles. The van der Waals surface area contributed by atoms with Gasteiger partial charge in [-0.25, -0.2) is 0 Å². The first-order valence-corrected chi connectivity index (χ1v) is 6.69. The summed E-state index contributed by atoms with van der Waals surface area (Å²) >= 11 is 5.96. The number of halogens is 1. The van der Waals surface area contributed by atoms with Gasteiger partial charge in [0.15, 0.2) is 5.78 Å². The van der Waals surface area contributed by atoms with Crippen LogP contribution >= 0.6 is 11.6 Å². The number of esters is 1. The minimum absolute atomic E-state index is 0.115. The lowest BCUT2D eigenvalue weighted by Crippen LogP contribution is -2.62. The highest BCUT2D eigenvalue weighted by atomic mass is 35.5. The minimum Gasteiger partial charge on any atom is -0.468 e. The van der Waals surface area contributed by atoms with Crippen LogP contribution in [0.25, 0.3) is 0 Å². The number of methoxy groups -OCH3 is 1. The molecule has 0 bridgehead atoms. The van der Waals surface area contributed by atoms with Gasteiger partial charge in [-0.05, 0) is 0 Å². The zero-order valence-corrected chi connectivity index (χ0v) is 12.1. The molecule has 3 N–H and O–H groups in total. The summed E-state index contributed by atoms with van der Waals surface area (Å²) in [6.45, 7) is 0. The van der Waals surface area contributed by atoms with Crippen molar-refractivity contribution >= 4 is 29.1 Å². The van der Waals surface area contributed by atoms with Crippen molar-refractivity contribution in [2.24, 2.45) is 5.73 Å². The van der Waals surface area contributed by atoms with E-state index in [-0.39, 0.29) is 21.9 Å². The lowest BCUT2D eigenvalue weighted by atomic mass is 9.71. The standard InChI is InChI=1S/C14H11ClN2O5/c1-21-13(20)10(16)14-8(12(15)17-22-14)9(18)6-4-2-3-5-7(6)11(14)19/h2-5,10,17H,16H2,1H3/t10-,14+/m1/s1. The van der Waals surface area contributed by atoms with Crippen molar-refractivity contribution in [3.05, 3.63) is 46.1 Å². The van der Waals surface area contributed by atoms with Gasteiger partial charge in [0.25, 0.3) is 0 Å². The van der Waals surface area contributed by atoms with Gasteiger partial charge in [0.1, 0.15) is 11.2 Å². The summed E-state index contributed by atoms with van der Waals surface area (Å²) in [5, 5.41) is -0.174. The summed E-state index contributed by atoms with van der Waals surface area (Å²) < 4.78 is 4.57. The monoisotopic (exact) mass is 322 g/mol. The average Bonchev–Trinajstić information content (AvgIpc) is 2.90.